The van der Waals surface area contributed by atoms with Crippen molar-refractivity contribution >= 4 is 11.3 Å². The van der Waals surface area contributed by atoms with E-state index in [1.54, 1.807) is 11.3 Å². The summed E-state index contributed by atoms with van der Waals surface area (Å²) in [4.78, 5) is 1.30. The molecule has 0 bridgehead atoms. The number of nitrogens with two attached hydrogens (primary N) is 1. The normalized spacial score (nSPS) is 24.8. The molecule has 13 heavy (non-hydrogen) atoms. The molecule has 4 heteroatoms. The van der Waals surface area contributed by atoms with E-state index in [2.05, 4.69) is 22.9 Å². The Balaban J connectivity index is 2.08. The fourth-order valence-electron chi connectivity index (χ4n) is 1.73. The van der Waals surface area contributed by atoms with Crippen molar-refractivity contribution < 1.29 is 4.74 Å². The zero-order valence-electron chi connectivity index (χ0n) is 7.40. The standard InChI is InChI=1S/C9H14N2OS/c10-11-9(7-3-4-12-6-7)8-2-1-5-13-8/h1-2,5,7,9,11H,3-4,6,10H2. The van der Waals surface area contributed by atoms with E-state index in [0.29, 0.717) is 5.92 Å². The van der Waals surface area contributed by atoms with Gasteiger partial charge >= 0.3 is 0 Å². The maximum atomic E-state index is 5.54. The molecule has 2 rings (SSSR count). The van der Waals surface area contributed by atoms with Gasteiger partial charge in [-0.15, -0.1) is 11.3 Å². The van der Waals surface area contributed by atoms with Gasteiger partial charge in [0.25, 0.3) is 0 Å². The fourth-order valence-corrected chi connectivity index (χ4v) is 2.61. The first-order valence-electron chi connectivity index (χ1n) is 4.49. The summed E-state index contributed by atoms with van der Waals surface area (Å²) in [6, 6.07) is 4.44. The van der Waals surface area contributed by atoms with Crippen molar-refractivity contribution in [2.45, 2.75) is 12.5 Å². The van der Waals surface area contributed by atoms with Crippen molar-refractivity contribution in [3.63, 3.8) is 0 Å². The monoisotopic (exact) mass is 198 g/mol. The summed E-state index contributed by atoms with van der Waals surface area (Å²) in [6.07, 6.45) is 1.10. The van der Waals surface area contributed by atoms with Crippen molar-refractivity contribution in [1.82, 2.24) is 5.43 Å². The van der Waals surface area contributed by atoms with Crippen molar-refractivity contribution in [2.75, 3.05) is 13.2 Å². The van der Waals surface area contributed by atoms with Gasteiger partial charge in [-0.1, -0.05) is 6.07 Å². The van der Waals surface area contributed by atoms with Crippen LogP contribution in [0.4, 0.5) is 0 Å². The van der Waals surface area contributed by atoms with Crippen LogP contribution in [0.15, 0.2) is 17.5 Å². The van der Waals surface area contributed by atoms with Gasteiger partial charge in [-0.05, 0) is 17.9 Å². The van der Waals surface area contributed by atoms with Crippen LogP contribution in [-0.4, -0.2) is 13.2 Å². The maximum absolute atomic E-state index is 5.54. The molecular weight excluding hydrogens is 184 g/mol. The molecule has 72 valence electrons. The third kappa shape index (κ3) is 1.91. The summed E-state index contributed by atoms with van der Waals surface area (Å²) in [5.41, 5.74) is 2.88. The lowest BCUT2D eigenvalue weighted by atomic mass is 9.98. The zero-order valence-corrected chi connectivity index (χ0v) is 8.22. The number of rotatable bonds is 3. The number of nitrogens with one attached hydrogen (secondary N) is 1. The van der Waals surface area contributed by atoms with Crippen LogP contribution in [0.5, 0.6) is 0 Å². The van der Waals surface area contributed by atoms with Gasteiger partial charge in [-0.3, -0.25) is 11.3 Å². The molecule has 1 aliphatic heterocycles. The van der Waals surface area contributed by atoms with E-state index in [0.717, 1.165) is 19.6 Å². The van der Waals surface area contributed by atoms with E-state index < -0.39 is 0 Å². The smallest absolute Gasteiger partial charge is 0.0604 e. The fraction of sp³-hybridized carbons (Fsp3) is 0.556. The Morgan fingerprint density at radius 1 is 1.69 bits per heavy atom. The van der Waals surface area contributed by atoms with E-state index in [9.17, 15) is 0 Å². The highest BCUT2D eigenvalue weighted by atomic mass is 32.1. The minimum absolute atomic E-state index is 0.266. The minimum Gasteiger partial charge on any atom is -0.381 e. The molecule has 0 radical (unpaired) electrons. The average molecular weight is 198 g/mol. The van der Waals surface area contributed by atoms with Gasteiger partial charge in [0.05, 0.1) is 12.6 Å². The highest BCUT2D eigenvalue weighted by molar-refractivity contribution is 7.10. The molecule has 3 N–H and O–H groups in total. The summed E-state index contributed by atoms with van der Waals surface area (Å²) < 4.78 is 5.35. The first kappa shape index (κ1) is 9.15. The van der Waals surface area contributed by atoms with Gasteiger partial charge in [0.1, 0.15) is 0 Å². The van der Waals surface area contributed by atoms with E-state index in [-0.39, 0.29) is 6.04 Å². The lowest BCUT2D eigenvalue weighted by Gasteiger charge is -2.19. The van der Waals surface area contributed by atoms with E-state index in [4.69, 9.17) is 10.6 Å². The molecular formula is C9H14N2OS. The molecule has 2 heterocycles. The third-order valence-corrected chi connectivity index (χ3v) is 3.42. The molecule has 0 spiro atoms. The van der Waals surface area contributed by atoms with Crippen LogP contribution in [0.25, 0.3) is 0 Å². The second kappa shape index (κ2) is 4.19. The maximum Gasteiger partial charge on any atom is 0.0604 e. The zero-order chi connectivity index (χ0) is 9.10. The summed E-state index contributed by atoms with van der Waals surface area (Å²) >= 11 is 1.74. The number of thiophene rings is 1. The van der Waals surface area contributed by atoms with Crippen LogP contribution < -0.4 is 11.3 Å². The second-order valence-electron chi connectivity index (χ2n) is 3.28. The Kier molecular flexibility index (Phi) is 2.95. The largest absolute Gasteiger partial charge is 0.381 e. The summed E-state index contributed by atoms with van der Waals surface area (Å²) in [7, 11) is 0. The van der Waals surface area contributed by atoms with E-state index in [1.807, 2.05) is 0 Å². The van der Waals surface area contributed by atoms with Crippen LogP contribution in [0.3, 0.4) is 0 Å². The van der Waals surface area contributed by atoms with Crippen molar-refractivity contribution in [3.05, 3.63) is 22.4 Å². The highest BCUT2D eigenvalue weighted by Crippen LogP contribution is 2.30. The number of hydrazine groups is 1. The van der Waals surface area contributed by atoms with E-state index in [1.165, 1.54) is 4.88 Å². The van der Waals surface area contributed by atoms with Crippen molar-refractivity contribution in [1.29, 1.82) is 0 Å². The lowest BCUT2D eigenvalue weighted by Crippen LogP contribution is -2.33. The SMILES string of the molecule is NNC(c1cccs1)C1CCOC1. The topological polar surface area (TPSA) is 47.3 Å². The molecule has 0 amide bonds. The minimum atomic E-state index is 0.266. The van der Waals surface area contributed by atoms with Crippen LogP contribution in [0.2, 0.25) is 0 Å². The average Bonchev–Trinajstić information content (AvgIpc) is 2.76. The highest BCUT2D eigenvalue weighted by Gasteiger charge is 2.26. The quantitative estimate of drug-likeness (QED) is 0.568. The Hall–Kier alpha value is -0.420. The van der Waals surface area contributed by atoms with Gasteiger partial charge in [-0.2, -0.15) is 0 Å². The summed E-state index contributed by atoms with van der Waals surface area (Å²) in [6.45, 7) is 1.70. The molecule has 0 aliphatic carbocycles. The Bertz CT molecular complexity index is 244. The lowest BCUT2D eigenvalue weighted by molar-refractivity contribution is 0.177. The van der Waals surface area contributed by atoms with Gasteiger partial charge < -0.3 is 4.74 Å². The van der Waals surface area contributed by atoms with Crippen molar-refractivity contribution in [2.24, 2.45) is 11.8 Å². The van der Waals surface area contributed by atoms with Crippen LogP contribution in [0.1, 0.15) is 17.3 Å². The Morgan fingerprint density at radius 2 is 2.62 bits per heavy atom. The molecule has 1 aliphatic rings. The molecule has 1 aromatic rings. The molecule has 1 aromatic heterocycles. The van der Waals surface area contributed by atoms with Gasteiger partial charge in [0, 0.05) is 17.4 Å². The Morgan fingerprint density at radius 3 is 3.15 bits per heavy atom. The Labute approximate surface area is 81.9 Å². The number of ether oxygens (including phenoxy) is 1. The first-order valence-corrected chi connectivity index (χ1v) is 5.37. The van der Waals surface area contributed by atoms with Gasteiger partial charge in [-0.25, -0.2) is 0 Å². The molecule has 3 nitrogen and oxygen atoms in total. The molecule has 1 saturated heterocycles. The second-order valence-corrected chi connectivity index (χ2v) is 4.26. The van der Waals surface area contributed by atoms with Crippen LogP contribution >= 0.6 is 11.3 Å². The molecule has 1 fully saturated rings. The number of hydrogen-bond acceptors (Lipinski definition) is 4. The van der Waals surface area contributed by atoms with Gasteiger partial charge in [0.2, 0.25) is 0 Å². The molecule has 0 saturated carbocycles. The van der Waals surface area contributed by atoms with Crippen molar-refractivity contribution in [3.8, 4) is 0 Å². The van der Waals surface area contributed by atoms with E-state index >= 15 is 0 Å². The van der Waals surface area contributed by atoms with Gasteiger partial charge in [0.15, 0.2) is 0 Å². The summed E-state index contributed by atoms with van der Waals surface area (Å²) in [5.74, 6) is 6.08. The number of hydrogen-bond donors (Lipinski definition) is 2. The summed E-state index contributed by atoms with van der Waals surface area (Å²) in [5, 5.41) is 2.08. The first-order chi connectivity index (χ1) is 6.42. The predicted molar refractivity (Wildman–Crippen MR) is 53.3 cm³/mol. The molecule has 2 unspecified atom stereocenters. The van der Waals surface area contributed by atoms with Crippen LogP contribution in [-0.2, 0) is 4.74 Å². The predicted octanol–water partition coefficient (Wildman–Crippen LogP) is 1.29. The molecule has 0 aromatic carbocycles. The molecule has 2 atom stereocenters. The third-order valence-electron chi connectivity index (χ3n) is 2.47. The van der Waals surface area contributed by atoms with Crippen LogP contribution in [0, 0.1) is 5.92 Å².